The molecule has 23 heavy (non-hydrogen) atoms. The van der Waals surface area contributed by atoms with Crippen LogP contribution < -0.4 is 10.5 Å². The van der Waals surface area contributed by atoms with Crippen LogP contribution in [0.1, 0.15) is 27.5 Å². The Morgan fingerprint density at radius 3 is 2.43 bits per heavy atom. The minimum absolute atomic E-state index is 0.290. The third-order valence-corrected chi connectivity index (χ3v) is 3.82. The fourth-order valence-electron chi connectivity index (χ4n) is 2.67. The van der Waals surface area contributed by atoms with Gasteiger partial charge in [-0.3, -0.25) is 14.5 Å². The van der Waals surface area contributed by atoms with E-state index in [0.29, 0.717) is 11.3 Å². The summed E-state index contributed by atoms with van der Waals surface area (Å²) >= 11 is 0. The Balaban J connectivity index is 1.98. The number of hydrogen-bond donors (Lipinski definition) is 1. The molecule has 0 radical (unpaired) electrons. The molecule has 116 valence electrons. The van der Waals surface area contributed by atoms with Gasteiger partial charge in [0.05, 0.1) is 7.11 Å². The zero-order valence-electron chi connectivity index (χ0n) is 12.6. The van der Waals surface area contributed by atoms with E-state index < -0.39 is 11.9 Å². The van der Waals surface area contributed by atoms with Gasteiger partial charge < -0.3 is 10.5 Å². The minimum atomic E-state index is -0.814. The summed E-state index contributed by atoms with van der Waals surface area (Å²) in [4.78, 5) is 26.1. The van der Waals surface area contributed by atoms with Gasteiger partial charge in [-0.1, -0.05) is 24.3 Å². The monoisotopic (exact) mass is 308 g/mol. The number of nitrogens with zero attached hydrogens (tertiary/aromatic N) is 1. The van der Waals surface area contributed by atoms with Gasteiger partial charge in [0.15, 0.2) is 0 Å². The van der Waals surface area contributed by atoms with E-state index in [2.05, 4.69) is 0 Å². The van der Waals surface area contributed by atoms with Crippen molar-refractivity contribution < 1.29 is 14.3 Å². The number of carbonyl (C=O) groups is 2. The molecule has 1 heterocycles. The number of amides is 2. The van der Waals surface area contributed by atoms with Crippen molar-refractivity contribution in [3.8, 4) is 5.75 Å². The number of carbonyl (C=O) groups excluding carboxylic acids is 2. The molecule has 1 aliphatic heterocycles. The maximum Gasteiger partial charge on any atom is 0.258 e. The van der Waals surface area contributed by atoms with Crippen LogP contribution in [0.3, 0.4) is 0 Å². The van der Waals surface area contributed by atoms with Crippen LogP contribution in [-0.4, -0.2) is 23.8 Å². The lowest BCUT2D eigenvalue weighted by Crippen LogP contribution is -2.40. The Labute approximate surface area is 134 Å². The van der Waals surface area contributed by atoms with Gasteiger partial charge >= 0.3 is 0 Å². The molecule has 0 saturated heterocycles. The maximum absolute atomic E-state index is 12.8. The molecule has 0 bridgehead atoms. The van der Waals surface area contributed by atoms with E-state index in [1.165, 1.54) is 4.90 Å². The van der Waals surface area contributed by atoms with E-state index in [4.69, 9.17) is 10.5 Å². The standard InChI is InChI=1S/C18H16N2O3/c1-23-14-8-6-13(7-9-14)18(22)20-11-10-12-4-2-3-5-15(12)16(20)17(19)21/h2-11,16H,1H3,(H2,19,21)/t16-/m1/s1. The Kier molecular flexibility index (Phi) is 3.85. The molecule has 5 heteroatoms. The van der Waals surface area contributed by atoms with Crippen LogP contribution in [-0.2, 0) is 4.79 Å². The van der Waals surface area contributed by atoms with E-state index in [1.54, 1.807) is 43.7 Å². The number of hydrogen-bond acceptors (Lipinski definition) is 3. The van der Waals surface area contributed by atoms with Gasteiger partial charge in [-0.2, -0.15) is 0 Å². The third-order valence-electron chi connectivity index (χ3n) is 3.82. The summed E-state index contributed by atoms with van der Waals surface area (Å²) in [6.07, 6.45) is 3.40. The third kappa shape index (κ3) is 2.68. The number of rotatable bonds is 3. The van der Waals surface area contributed by atoms with E-state index in [0.717, 1.165) is 11.1 Å². The van der Waals surface area contributed by atoms with Crippen LogP contribution in [0.5, 0.6) is 5.75 Å². The SMILES string of the molecule is COc1ccc(C(=O)N2C=Cc3ccccc3[C@@H]2C(N)=O)cc1. The normalized spacial score (nSPS) is 15.9. The van der Waals surface area contributed by atoms with Crippen LogP contribution >= 0.6 is 0 Å². The first-order valence-corrected chi connectivity index (χ1v) is 7.15. The fraction of sp³-hybridized carbons (Fsp3) is 0.111. The fourth-order valence-corrected chi connectivity index (χ4v) is 2.67. The highest BCUT2D eigenvalue weighted by Crippen LogP contribution is 2.31. The van der Waals surface area contributed by atoms with Crippen LogP contribution in [0.15, 0.2) is 54.7 Å². The summed E-state index contributed by atoms with van der Waals surface area (Å²) in [6, 6.07) is 13.3. The van der Waals surface area contributed by atoms with Crippen molar-refractivity contribution in [3.05, 3.63) is 71.4 Å². The minimum Gasteiger partial charge on any atom is -0.497 e. The van der Waals surface area contributed by atoms with Gasteiger partial charge in [-0.05, 0) is 41.5 Å². The molecule has 0 saturated carbocycles. The van der Waals surface area contributed by atoms with Crippen molar-refractivity contribution in [2.45, 2.75) is 6.04 Å². The summed E-state index contributed by atoms with van der Waals surface area (Å²) in [7, 11) is 1.56. The highest BCUT2D eigenvalue weighted by Gasteiger charge is 2.32. The van der Waals surface area contributed by atoms with E-state index in [1.807, 2.05) is 24.3 Å². The lowest BCUT2D eigenvalue weighted by atomic mass is 9.95. The predicted molar refractivity (Wildman–Crippen MR) is 86.6 cm³/mol. The van der Waals surface area contributed by atoms with Gasteiger partial charge in [0.25, 0.3) is 5.91 Å². The molecule has 2 aromatic rings. The molecule has 2 amide bonds. The summed E-state index contributed by atoms with van der Waals surface area (Å²) < 4.78 is 5.09. The maximum atomic E-state index is 12.8. The molecule has 0 aliphatic carbocycles. The van der Waals surface area contributed by atoms with Gasteiger partial charge in [-0.25, -0.2) is 0 Å². The summed E-state index contributed by atoms with van der Waals surface area (Å²) in [6.45, 7) is 0. The molecule has 1 atom stereocenters. The molecule has 3 rings (SSSR count). The number of primary amides is 1. The Bertz CT molecular complexity index is 781. The number of ether oxygens (including phenoxy) is 1. The lowest BCUT2D eigenvalue weighted by Gasteiger charge is -2.31. The molecular formula is C18H16N2O3. The smallest absolute Gasteiger partial charge is 0.258 e. The second-order valence-electron chi connectivity index (χ2n) is 5.19. The molecule has 0 aromatic heterocycles. The first-order valence-electron chi connectivity index (χ1n) is 7.15. The molecule has 2 N–H and O–H groups in total. The van der Waals surface area contributed by atoms with Crippen molar-refractivity contribution in [2.24, 2.45) is 5.73 Å². The van der Waals surface area contributed by atoms with E-state index >= 15 is 0 Å². The number of fused-ring (bicyclic) bond motifs is 1. The summed E-state index contributed by atoms with van der Waals surface area (Å²) in [5.74, 6) is -0.196. The van der Waals surface area contributed by atoms with Gasteiger partial charge in [0.1, 0.15) is 11.8 Å². The lowest BCUT2D eigenvalue weighted by molar-refractivity contribution is -0.122. The van der Waals surface area contributed by atoms with Crippen LogP contribution in [0.25, 0.3) is 6.08 Å². The average molecular weight is 308 g/mol. The zero-order chi connectivity index (χ0) is 16.4. The number of methoxy groups -OCH3 is 1. The van der Waals surface area contributed by atoms with Gasteiger partial charge in [0, 0.05) is 11.8 Å². The molecule has 0 fully saturated rings. The number of nitrogens with two attached hydrogens (primary N) is 1. The zero-order valence-corrected chi connectivity index (χ0v) is 12.6. The molecule has 0 unspecified atom stereocenters. The first-order chi connectivity index (χ1) is 11.1. The highest BCUT2D eigenvalue weighted by molar-refractivity contribution is 5.99. The largest absolute Gasteiger partial charge is 0.497 e. The van der Waals surface area contributed by atoms with Gasteiger partial charge in [0.2, 0.25) is 5.91 Å². The van der Waals surface area contributed by atoms with Crippen molar-refractivity contribution in [1.29, 1.82) is 0 Å². The Morgan fingerprint density at radius 2 is 1.78 bits per heavy atom. The first kappa shape index (κ1) is 14.8. The van der Waals surface area contributed by atoms with Crippen LogP contribution in [0, 0.1) is 0 Å². The molecular weight excluding hydrogens is 292 g/mol. The van der Waals surface area contributed by atoms with E-state index in [-0.39, 0.29) is 5.91 Å². The summed E-state index contributed by atoms with van der Waals surface area (Å²) in [5.41, 5.74) is 7.62. The highest BCUT2D eigenvalue weighted by atomic mass is 16.5. The Hall–Kier alpha value is -3.08. The average Bonchev–Trinajstić information content (AvgIpc) is 2.60. The van der Waals surface area contributed by atoms with Crippen molar-refractivity contribution >= 4 is 17.9 Å². The number of benzene rings is 2. The summed E-state index contributed by atoms with van der Waals surface area (Å²) in [5, 5.41) is 0. The van der Waals surface area contributed by atoms with Crippen molar-refractivity contribution in [1.82, 2.24) is 4.90 Å². The quantitative estimate of drug-likeness (QED) is 0.946. The topological polar surface area (TPSA) is 72.6 Å². The second-order valence-corrected chi connectivity index (χ2v) is 5.19. The predicted octanol–water partition coefficient (Wildman–Crippen LogP) is 2.35. The van der Waals surface area contributed by atoms with Crippen molar-refractivity contribution in [3.63, 3.8) is 0 Å². The molecule has 5 nitrogen and oxygen atoms in total. The Morgan fingerprint density at radius 1 is 1.09 bits per heavy atom. The van der Waals surface area contributed by atoms with Crippen molar-refractivity contribution in [2.75, 3.05) is 7.11 Å². The second kappa shape index (κ2) is 5.96. The van der Waals surface area contributed by atoms with Gasteiger partial charge in [-0.15, -0.1) is 0 Å². The van der Waals surface area contributed by atoms with E-state index in [9.17, 15) is 9.59 Å². The molecule has 1 aliphatic rings. The van der Waals surface area contributed by atoms with Crippen LogP contribution in [0.2, 0.25) is 0 Å². The van der Waals surface area contributed by atoms with Crippen LogP contribution in [0.4, 0.5) is 0 Å². The molecule has 0 spiro atoms. The molecule has 2 aromatic carbocycles.